The van der Waals surface area contributed by atoms with E-state index in [0.717, 1.165) is 11.3 Å². The highest BCUT2D eigenvalue weighted by Crippen LogP contribution is 2.39. The monoisotopic (exact) mass is 282 g/mol. The first-order chi connectivity index (χ1) is 10.2. The summed E-state index contributed by atoms with van der Waals surface area (Å²) in [5.74, 6) is 0.138. The van der Waals surface area contributed by atoms with E-state index in [1.807, 2.05) is 16.7 Å². The molecule has 1 aliphatic carbocycles. The van der Waals surface area contributed by atoms with Gasteiger partial charge in [0, 0.05) is 12.4 Å². The molecule has 0 spiro atoms. The van der Waals surface area contributed by atoms with Gasteiger partial charge in [0.1, 0.15) is 5.65 Å². The molecule has 1 aliphatic rings. The second-order valence-electron chi connectivity index (χ2n) is 5.40. The predicted molar refractivity (Wildman–Crippen MR) is 74.8 cm³/mol. The number of carbonyl (C=O) groups is 1. The Morgan fingerprint density at radius 1 is 1.29 bits per heavy atom. The molecule has 0 saturated heterocycles. The number of imidazole rings is 1. The topological polar surface area (TPSA) is 91.1 Å². The van der Waals surface area contributed by atoms with Crippen LogP contribution in [-0.2, 0) is 6.54 Å². The van der Waals surface area contributed by atoms with Crippen molar-refractivity contribution in [3.05, 3.63) is 47.7 Å². The van der Waals surface area contributed by atoms with Gasteiger partial charge in [-0.05, 0) is 30.4 Å². The summed E-state index contributed by atoms with van der Waals surface area (Å²) in [7, 11) is 0. The van der Waals surface area contributed by atoms with Gasteiger partial charge in [0.2, 0.25) is 0 Å². The quantitative estimate of drug-likeness (QED) is 0.771. The molecule has 0 radical (unpaired) electrons. The van der Waals surface area contributed by atoms with Crippen LogP contribution in [0.5, 0.6) is 0 Å². The molecule has 3 aromatic rings. The number of primary amides is 1. The fourth-order valence-corrected chi connectivity index (χ4v) is 2.45. The van der Waals surface area contributed by atoms with Crippen LogP contribution < -0.4 is 5.73 Å². The fraction of sp³-hybridized carbons (Fsp3) is 0.286. The van der Waals surface area contributed by atoms with Gasteiger partial charge in [0.25, 0.3) is 5.91 Å². The average molecular weight is 282 g/mol. The largest absolute Gasteiger partial charge is 0.364 e. The summed E-state index contributed by atoms with van der Waals surface area (Å²) in [5, 5.41) is 7.59. The number of fused-ring (bicyclic) bond motifs is 1. The van der Waals surface area contributed by atoms with Crippen LogP contribution in [0.3, 0.4) is 0 Å². The molecule has 1 fully saturated rings. The number of pyridine rings is 1. The van der Waals surface area contributed by atoms with E-state index in [1.54, 1.807) is 4.68 Å². The third-order valence-electron chi connectivity index (χ3n) is 3.69. The molecule has 0 aliphatic heterocycles. The Kier molecular flexibility index (Phi) is 2.53. The van der Waals surface area contributed by atoms with Gasteiger partial charge >= 0.3 is 0 Å². The van der Waals surface area contributed by atoms with Gasteiger partial charge in [-0.15, -0.1) is 5.10 Å². The summed E-state index contributed by atoms with van der Waals surface area (Å²) in [6.45, 7) is 0.459. The van der Waals surface area contributed by atoms with Crippen molar-refractivity contribution in [3.8, 4) is 0 Å². The third-order valence-corrected chi connectivity index (χ3v) is 3.69. The van der Waals surface area contributed by atoms with Crippen molar-refractivity contribution >= 4 is 11.6 Å². The van der Waals surface area contributed by atoms with Crippen molar-refractivity contribution in [1.29, 1.82) is 0 Å². The molecule has 7 heteroatoms. The summed E-state index contributed by atoms with van der Waals surface area (Å²) in [4.78, 5) is 15.5. The number of hydrogen-bond acceptors (Lipinski definition) is 4. The van der Waals surface area contributed by atoms with Crippen LogP contribution in [0, 0.1) is 0 Å². The normalized spacial score (nSPS) is 14.7. The molecule has 0 atom stereocenters. The molecule has 3 heterocycles. The molecule has 0 aromatic carbocycles. The van der Waals surface area contributed by atoms with Crippen LogP contribution in [0.15, 0.2) is 30.7 Å². The van der Waals surface area contributed by atoms with Crippen molar-refractivity contribution in [2.24, 2.45) is 5.73 Å². The minimum absolute atomic E-state index is 0.162. The molecule has 4 rings (SSSR count). The minimum Gasteiger partial charge on any atom is -0.364 e. The van der Waals surface area contributed by atoms with Crippen molar-refractivity contribution in [3.63, 3.8) is 0 Å². The molecular formula is C14H14N6O. The Morgan fingerprint density at radius 2 is 2.14 bits per heavy atom. The van der Waals surface area contributed by atoms with Crippen LogP contribution in [-0.4, -0.2) is 30.3 Å². The Hall–Kier alpha value is -2.70. The second-order valence-corrected chi connectivity index (χ2v) is 5.40. The molecule has 0 bridgehead atoms. The van der Waals surface area contributed by atoms with Crippen LogP contribution in [0.4, 0.5) is 0 Å². The van der Waals surface area contributed by atoms with Gasteiger partial charge in [0.15, 0.2) is 5.69 Å². The number of nitrogens with two attached hydrogens (primary N) is 1. The van der Waals surface area contributed by atoms with Gasteiger partial charge in [-0.2, -0.15) is 0 Å². The Balaban J connectivity index is 1.61. The molecule has 21 heavy (non-hydrogen) atoms. The van der Waals surface area contributed by atoms with Gasteiger partial charge in [-0.1, -0.05) is 11.3 Å². The lowest BCUT2D eigenvalue weighted by Gasteiger charge is -1.98. The number of hydrogen-bond donors (Lipinski definition) is 1. The van der Waals surface area contributed by atoms with Gasteiger partial charge in [-0.3, -0.25) is 4.79 Å². The first-order valence-corrected chi connectivity index (χ1v) is 6.86. The zero-order valence-electron chi connectivity index (χ0n) is 11.3. The Labute approximate surface area is 120 Å². The van der Waals surface area contributed by atoms with E-state index in [9.17, 15) is 4.79 Å². The minimum atomic E-state index is -0.578. The summed E-state index contributed by atoms with van der Waals surface area (Å²) >= 11 is 0. The standard InChI is InChI=1S/C14H14N6O/c15-14(21)12-8-20(18-17-12)7-11-6-19-5-10(9-1-2-9)3-4-13(19)16-11/h3-6,8-9H,1-2,7H2,(H2,15,21). The van der Waals surface area contributed by atoms with Crippen LogP contribution in [0.2, 0.25) is 0 Å². The average Bonchev–Trinajstić information content (AvgIpc) is 3.07. The highest BCUT2D eigenvalue weighted by Gasteiger charge is 2.23. The van der Waals surface area contributed by atoms with E-state index in [-0.39, 0.29) is 5.69 Å². The van der Waals surface area contributed by atoms with E-state index in [2.05, 4.69) is 27.6 Å². The smallest absolute Gasteiger partial charge is 0.270 e. The van der Waals surface area contributed by atoms with Crippen molar-refractivity contribution < 1.29 is 4.79 Å². The zero-order valence-corrected chi connectivity index (χ0v) is 11.3. The third kappa shape index (κ3) is 2.26. The Bertz CT molecular complexity index is 829. The van der Waals surface area contributed by atoms with E-state index in [4.69, 9.17) is 5.73 Å². The number of nitrogens with zero attached hydrogens (tertiary/aromatic N) is 5. The summed E-state index contributed by atoms with van der Waals surface area (Å²) < 4.78 is 3.60. The predicted octanol–water partition coefficient (Wildman–Crippen LogP) is 0.950. The maximum absolute atomic E-state index is 11.0. The lowest BCUT2D eigenvalue weighted by molar-refractivity contribution is 0.0995. The molecule has 1 saturated carbocycles. The number of rotatable bonds is 4. The first kappa shape index (κ1) is 12.1. The number of aromatic nitrogens is 5. The van der Waals surface area contributed by atoms with Gasteiger partial charge in [-0.25, -0.2) is 9.67 Å². The van der Waals surface area contributed by atoms with Crippen molar-refractivity contribution in [1.82, 2.24) is 24.4 Å². The second kappa shape index (κ2) is 4.41. The van der Waals surface area contributed by atoms with Gasteiger partial charge in [0.05, 0.1) is 18.4 Å². The van der Waals surface area contributed by atoms with E-state index < -0.39 is 5.91 Å². The van der Waals surface area contributed by atoms with Crippen molar-refractivity contribution in [2.75, 3.05) is 0 Å². The number of amides is 1. The molecular weight excluding hydrogens is 268 g/mol. The molecule has 2 N–H and O–H groups in total. The first-order valence-electron chi connectivity index (χ1n) is 6.86. The van der Waals surface area contributed by atoms with Gasteiger partial charge < -0.3 is 10.1 Å². The summed E-state index contributed by atoms with van der Waals surface area (Å²) in [6, 6.07) is 4.18. The van der Waals surface area contributed by atoms with Crippen LogP contribution >= 0.6 is 0 Å². The maximum Gasteiger partial charge on any atom is 0.270 e. The van der Waals surface area contributed by atoms with E-state index in [1.165, 1.54) is 24.6 Å². The lowest BCUT2D eigenvalue weighted by Crippen LogP contribution is -2.11. The van der Waals surface area contributed by atoms with Crippen LogP contribution in [0.1, 0.15) is 40.5 Å². The molecule has 7 nitrogen and oxygen atoms in total. The molecule has 106 valence electrons. The molecule has 3 aromatic heterocycles. The van der Waals surface area contributed by atoms with Crippen LogP contribution in [0.25, 0.3) is 5.65 Å². The van der Waals surface area contributed by atoms with E-state index in [0.29, 0.717) is 12.5 Å². The maximum atomic E-state index is 11.0. The number of carbonyl (C=O) groups excluding carboxylic acids is 1. The summed E-state index contributed by atoms with van der Waals surface area (Å²) in [5.41, 5.74) is 8.46. The Morgan fingerprint density at radius 3 is 2.86 bits per heavy atom. The molecule has 0 unspecified atom stereocenters. The fourth-order valence-electron chi connectivity index (χ4n) is 2.45. The highest BCUT2D eigenvalue weighted by molar-refractivity contribution is 5.90. The van der Waals surface area contributed by atoms with E-state index >= 15 is 0 Å². The van der Waals surface area contributed by atoms with Crippen molar-refractivity contribution in [2.45, 2.75) is 25.3 Å². The zero-order chi connectivity index (χ0) is 14.4. The lowest BCUT2D eigenvalue weighted by atomic mass is 10.2. The summed E-state index contributed by atoms with van der Waals surface area (Å²) in [6.07, 6.45) is 8.21. The molecule has 1 amide bonds. The SMILES string of the molecule is NC(=O)c1cn(Cc2cn3cc(C4CC4)ccc3n2)nn1. The highest BCUT2D eigenvalue weighted by atomic mass is 16.1.